The largest absolute Gasteiger partial charge is 0.497 e. The maximum atomic E-state index is 11.8. The Balaban J connectivity index is 2.02. The van der Waals surface area contributed by atoms with Crippen LogP contribution in [-0.2, 0) is 9.53 Å². The zero-order valence-electron chi connectivity index (χ0n) is 10.3. The molecule has 0 radical (unpaired) electrons. The number of carbonyl (C=O) groups excluding carboxylic acids is 1. The van der Waals surface area contributed by atoms with Crippen molar-refractivity contribution in [1.29, 1.82) is 0 Å². The summed E-state index contributed by atoms with van der Waals surface area (Å²) >= 11 is 0. The first-order valence-electron chi connectivity index (χ1n) is 5.60. The number of ether oxygens (including phenoxy) is 2. The van der Waals surface area contributed by atoms with Crippen LogP contribution in [0, 0.1) is 0 Å². The van der Waals surface area contributed by atoms with Gasteiger partial charge in [0, 0.05) is 0 Å². The summed E-state index contributed by atoms with van der Waals surface area (Å²) in [5.74, 6) is 0.820. The highest BCUT2D eigenvalue weighted by Crippen LogP contribution is 2.36. The highest BCUT2D eigenvalue weighted by molar-refractivity contribution is 6.01. The molecule has 2 rings (SSSR count). The molecular weight excluding hydrogens is 216 g/mol. The molecule has 0 bridgehead atoms. The van der Waals surface area contributed by atoms with E-state index in [1.807, 2.05) is 38.1 Å². The quantitative estimate of drug-likeness (QED) is 0.591. The van der Waals surface area contributed by atoms with Gasteiger partial charge in [0.15, 0.2) is 11.4 Å². The molecule has 1 aromatic carbocycles. The molecule has 1 aromatic rings. The predicted molar refractivity (Wildman–Crippen MR) is 66.0 cm³/mol. The van der Waals surface area contributed by atoms with Gasteiger partial charge in [0.2, 0.25) is 0 Å². The second-order valence-electron chi connectivity index (χ2n) is 4.34. The average molecular weight is 232 g/mol. The van der Waals surface area contributed by atoms with Crippen LogP contribution in [0.5, 0.6) is 5.75 Å². The molecule has 1 heterocycles. The van der Waals surface area contributed by atoms with E-state index < -0.39 is 5.60 Å². The van der Waals surface area contributed by atoms with Gasteiger partial charge in [0.25, 0.3) is 0 Å². The van der Waals surface area contributed by atoms with Gasteiger partial charge in [0.1, 0.15) is 5.75 Å². The van der Waals surface area contributed by atoms with Crippen LogP contribution in [0.25, 0.3) is 6.08 Å². The van der Waals surface area contributed by atoms with Crippen LogP contribution in [0.2, 0.25) is 0 Å². The Morgan fingerprint density at radius 3 is 2.47 bits per heavy atom. The lowest BCUT2D eigenvalue weighted by Gasteiger charge is -2.00. The predicted octanol–water partition coefficient (Wildman–Crippen LogP) is 2.45. The zero-order valence-corrected chi connectivity index (χ0v) is 10.3. The van der Waals surface area contributed by atoms with Gasteiger partial charge in [-0.05, 0) is 37.6 Å². The molecule has 0 aromatic heterocycles. The van der Waals surface area contributed by atoms with Crippen molar-refractivity contribution < 1.29 is 14.3 Å². The number of hydrogen-bond acceptors (Lipinski definition) is 3. The molecule has 1 saturated heterocycles. The van der Waals surface area contributed by atoms with Crippen molar-refractivity contribution in [3.8, 4) is 5.75 Å². The molecule has 90 valence electrons. The van der Waals surface area contributed by atoms with Gasteiger partial charge in [-0.15, -0.1) is 0 Å². The topological polar surface area (TPSA) is 38.8 Å². The number of ketones is 1. The number of epoxide rings is 1. The molecule has 3 nitrogen and oxygen atoms in total. The molecule has 17 heavy (non-hydrogen) atoms. The van der Waals surface area contributed by atoms with Crippen LogP contribution in [-0.4, -0.2) is 24.6 Å². The van der Waals surface area contributed by atoms with Gasteiger partial charge in [-0.1, -0.05) is 18.2 Å². The van der Waals surface area contributed by atoms with Crippen LogP contribution >= 0.6 is 0 Å². The second-order valence-corrected chi connectivity index (χ2v) is 4.34. The van der Waals surface area contributed by atoms with Gasteiger partial charge in [0.05, 0.1) is 13.2 Å². The van der Waals surface area contributed by atoms with E-state index in [9.17, 15) is 4.79 Å². The summed E-state index contributed by atoms with van der Waals surface area (Å²) in [5, 5.41) is 0. The average Bonchev–Trinajstić information content (AvgIpc) is 2.96. The van der Waals surface area contributed by atoms with Crippen LogP contribution in [0.1, 0.15) is 19.4 Å². The minimum Gasteiger partial charge on any atom is -0.497 e. The maximum Gasteiger partial charge on any atom is 0.189 e. The Kier molecular flexibility index (Phi) is 3.03. The zero-order chi connectivity index (χ0) is 12.5. The molecule has 0 amide bonds. The van der Waals surface area contributed by atoms with Crippen molar-refractivity contribution >= 4 is 11.9 Å². The SMILES string of the molecule is COc1ccc(/C=C/C(=O)[C@@]2(C)O[C@H]2C)cc1. The lowest BCUT2D eigenvalue weighted by Crippen LogP contribution is -2.20. The number of carbonyl (C=O) groups is 1. The Morgan fingerprint density at radius 1 is 1.41 bits per heavy atom. The minimum atomic E-state index is -0.608. The number of hydrogen-bond donors (Lipinski definition) is 0. The fourth-order valence-electron chi connectivity index (χ4n) is 1.64. The van der Waals surface area contributed by atoms with Crippen molar-refractivity contribution in [2.24, 2.45) is 0 Å². The molecule has 0 saturated carbocycles. The molecular formula is C14H16O3. The first kappa shape index (κ1) is 11.9. The summed E-state index contributed by atoms with van der Waals surface area (Å²) in [7, 11) is 1.63. The molecule has 0 unspecified atom stereocenters. The molecule has 0 spiro atoms. The van der Waals surface area contributed by atoms with E-state index in [0.717, 1.165) is 11.3 Å². The third-order valence-corrected chi connectivity index (χ3v) is 3.17. The Labute approximate surface area is 101 Å². The summed E-state index contributed by atoms with van der Waals surface area (Å²) in [6, 6.07) is 7.54. The summed E-state index contributed by atoms with van der Waals surface area (Å²) in [4.78, 5) is 11.8. The number of methoxy groups -OCH3 is 1. The number of rotatable bonds is 4. The molecule has 1 aliphatic heterocycles. The van der Waals surface area contributed by atoms with Crippen molar-refractivity contribution in [1.82, 2.24) is 0 Å². The van der Waals surface area contributed by atoms with Gasteiger partial charge in [-0.25, -0.2) is 0 Å². The summed E-state index contributed by atoms with van der Waals surface area (Å²) in [6.45, 7) is 3.72. The van der Waals surface area contributed by atoms with Gasteiger partial charge in [-0.2, -0.15) is 0 Å². The van der Waals surface area contributed by atoms with Crippen molar-refractivity contribution in [3.63, 3.8) is 0 Å². The van der Waals surface area contributed by atoms with Crippen molar-refractivity contribution in [3.05, 3.63) is 35.9 Å². The van der Waals surface area contributed by atoms with Gasteiger partial charge < -0.3 is 9.47 Å². The summed E-state index contributed by atoms with van der Waals surface area (Å²) in [5.41, 5.74) is 0.360. The molecule has 1 fully saturated rings. The van der Waals surface area contributed by atoms with Gasteiger partial charge >= 0.3 is 0 Å². The fraction of sp³-hybridized carbons (Fsp3) is 0.357. The van der Waals surface area contributed by atoms with Crippen LogP contribution in [0.3, 0.4) is 0 Å². The summed E-state index contributed by atoms with van der Waals surface area (Å²) < 4.78 is 10.3. The van der Waals surface area contributed by atoms with Crippen LogP contribution in [0.4, 0.5) is 0 Å². The summed E-state index contributed by atoms with van der Waals surface area (Å²) in [6.07, 6.45) is 3.39. The molecule has 1 aliphatic rings. The van der Waals surface area contributed by atoms with E-state index in [-0.39, 0.29) is 11.9 Å². The first-order chi connectivity index (χ1) is 8.06. The lowest BCUT2D eigenvalue weighted by atomic mass is 10.0. The van der Waals surface area contributed by atoms with Crippen molar-refractivity contribution in [2.45, 2.75) is 25.6 Å². The molecule has 2 atom stereocenters. The van der Waals surface area contributed by atoms with E-state index in [1.165, 1.54) is 0 Å². The van der Waals surface area contributed by atoms with Crippen LogP contribution in [0.15, 0.2) is 30.3 Å². The highest BCUT2D eigenvalue weighted by Gasteiger charge is 2.54. The maximum absolute atomic E-state index is 11.8. The third-order valence-electron chi connectivity index (χ3n) is 3.17. The normalized spacial score (nSPS) is 27.1. The minimum absolute atomic E-state index is 0.0146. The smallest absolute Gasteiger partial charge is 0.189 e. The lowest BCUT2D eigenvalue weighted by molar-refractivity contribution is -0.118. The van der Waals surface area contributed by atoms with E-state index in [0.29, 0.717) is 0 Å². The third kappa shape index (κ3) is 2.39. The van der Waals surface area contributed by atoms with E-state index in [1.54, 1.807) is 19.3 Å². The first-order valence-corrected chi connectivity index (χ1v) is 5.60. The van der Waals surface area contributed by atoms with Crippen molar-refractivity contribution in [2.75, 3.05) is 7.11 Å². The van der Waals surface area contributed by atoms with Gasteiger partial charge in [-0.3, -0.25) is 4.79 Å². The fourth-order valence-corrected chi connectivity index (χ4v) is 1.64. The Bertz CT molecular complexity index is 447. The standard InChI is InChI=1S/C14H16O3/c1-10-14(2,17-10)13(15)9-6-11-4-7-12(16-3)8-5-11/h4-10H,1-3H3/b9-6+/t10-,14-/m0/s1. The van der Waals surface area contributed by atoms with Crippen LogP contribution < -0.4 is 4.74 Å². The Morgan fingerprint density at radius 2 is 2.00 bits per heavy atom. The molecule has 3 heteroatoms. The van der Waals surface area contributed by atoms with E-state index in [4.69, 9.17) is 9.47 Å². The van der Waals surface area contributed by atoms with E-state index in [2.05, 4.69) is 0 Å². The monoisotopic (exact) mass is 232 g/mol. The van der Waals surface area contributed by atoms with E-state index >= 15 is 0 Å². The molecule has 0 aliphatic carbocycles. The second kappa shape index (κ2) is 4.34. The Hall–Kier alpha value is -1.61. The number of benzene rings is 1. The molecule has 0 N–H and O–H groups in total. The highest BCUT2D eigenvalue weighted by atomic mass is 16.6.